The van der Waals surface area contributed by atoms with Gasteiger partial charge < -0.3 is 29.6 Å². The highest BCUT2D eigenvalue weighted by Gasteiger charge is 2.54. The number of carboxylic acids is 1. The van der Waals surface area contributed by atoms with E-state index in [9.17, 15) is 19.5 Å². The summed E-state index contributed by atoms with van der Waals surface area (Å²) in [7, 11) is -7.43. The number of fused-ring (bicyclic) bond motifs is 1. The zero-order chi connectivity index (χ0) is 36.4. The average molecular weight is 720 g/mol. The van der Waals surface area contributed by atoms with Crippen molar-refractivity contribution >= 4 is 47.9 Å². The molecule has 13 nitrogen and oxygen atoms in total. The van der Waals surface area contributed by atoms with Crippen molar-refractivity contribution in [3.63, 3.8) is 0 Å². The van der Waals surface area contributed by atoms with E-state index in [0.29, 0.717) is 30.6 Å². The maximum atomic E-state index is 11.5. The van der Waals surface area contributed by atoms with E-state index < -0.39 is 37.1 Å². The van der Waals surface area contributed by atoms with Gasteiger partial charge in [-0.2, -0.15) is 15.1 Å². The highest BCUT2D eigenvalue weighted by molar-refractivity contribution is 6.74. The molecule has 0 amide bonds. The molecule has 16 heteroatoms. The maximum Gasteiger partial charge on any atom is 0.338 e. The number of rotatable bonds is 12. The van der Waals surface area contributed by atoms with Crippen molar-refractivity contribution in [2.75, 3.05) is 12.3 Å². The first-order valence-corrected chi connectivity index (χ1v) is 25.5. The molecule has 1 unspecified atom stereocenters. The normalized spacial score (nSPS) is 21.7. The predicted molar refractivity (Wildman–Crippen MR) is 195 cm³/mol. The Morgan fingerprint density at radius 3 is 2.02 bits per heavy atom. The van der Waals surface area contributed by atoms with Gasteiger partial charge in [-0.15, -0.1) is 0 Å². The van der Waals surface area contributed by atoms with Crippen molar-refractivity contribution in [1.82, 2.24) is 29.3 Å². The number of aromatic carboxylic acids is 1. The van der Waals surface area contributed by atoms with Crippen molar-refractivity contribution < 1.29 is 28.7 Å². The predicted octanol–water partition coefficient (Wildman–Crippen LogP) is 6.18. The van der Waals surface area contributed by atoms with Crippen LogP contribution in [0.2, 0.25) is 54.4 Å². The zero-order valence-corrected chi connectivity index (χ0v) is 34.0. The third-order valence-corrected chi connectivity index (χ3v) is 23.2. The summed E-state index contributed by atoms with van der Waals surface area (Å²) in [4.78, 5) is 48.2. The number of aromatic nitrogens is 6. The molecule has 1 aliphatic heterocycles. The fourth-order valence-electron chi connectivity index (χ4n) is 5.78. The van der Waals surface area contributed by atoms with E-state index in [0.717, 1.165) is 0 Å². The Bertz CT molecular complexity index is 1640. The summed E-state index contributed by atoms with van der Waals surface area (Å²) in [5.74, 6) is -1.01. The van der Waals surface area contributed by atoms with Gasteiger partial charge in [0.2, 0.25) is 0 Å². The molecule has 3 aromatic rings. The van der Waals surface area contributed by atoms with Gasteiger partial charge in [0, 0.05) is 12.1 Å². The molecular weight excluding hydrogens is 663 g/mol. The minimum atomic E-state index is -2.66. The standard InChI is InChI=1S/C32H57N7O6Si3/c1-30(2,3)48(12,13)44-18-23-21(14-31(4,5)46(8,9)42)22(15-32(6,7)47(10,11)43)27(45-23)38-19-34-24-25(33)36-29(37-26(24)38)39-17-20(16-35-39)28(40)41/h16-17,19,21-23,27,42-43H,14-15,18H2,1-13H3,(H,40,41)(H2,33,36,37)/t21-,22+,23+,27?/m0/s1. The van der Waals surface area contributed by atoms with Crippen LogP contribution < -0.4 is 5.73 Å². The summed E-state index contributed by atoms with van der Waals surface area (Å²) in [6, 6.07) is 0. The lowest BCUT2D eigenvalue weighted by Gasteiger charge is -2.43. The van der Waals surface area contributed by atoms with Crippen LogP contribution in [0.3, 0.4) is 0 Å². The van der Waals surface area contributed by atoms with Gasteiger partial charge in [-0.05, 0) is 73.2 Å². The van der Waals surface area contributed by atoms with E-state index in [2.05, 4.69) is 76.6 Å². The number of ether oxygens (including phenoxy) is 1. The maximum absolute atomic E-state index is 11.5. The monoisotopic (exact) mass is 719 g/mol. The number of nitrogens with two attached hydrogens (primary N) is 1. The number of carboxylic acid groups (broad SMARTS) is 1. The number of imidazole rings is 1. The Kier molecular flexibility index (Phi) is 10.1. The molecule has 4 heterocycles. The third kappa shape index (κ3) is 7.49. The first-order valence-electron chi connectivity index (χ1n) is 16.7. The fraction of sp³-hybridized carbons (Fsp3) is 0.719. The number of hydrogen-bond acceptors (Lipinski definition) is 10. The number of carbonyl (C=O) groups is 1. The molecular formula is C32H57N7O6Si3. The highest BCUT2D eigenvalue weighted by Crippen LogP contribution is 2.56. The van der Waals surface area contributed by atoms with Gasteiger partial charge in [-0.1, -0.05) is 48.5 Å². The lowest BCUT2D eigenvalue weighted by molar-refractivity contribution is -0.0353. The Morgan fingerprint density at radius 2 is 1.52 bits per heavy atom. The van der Waals surface area contributed by atoms with Crippen LogP contribution in [0.4, 0.5) is 5.82 Å². The molecule has 1 aliphatic rings. The molecule has 0 spiro atoms. The lowest BCUT2D eigenvalue weighted by Crippen LogP contribution is -2.46. The van der Waals surface area contributed by atoms with Gasteiger partial charge in [0.05, 0.1) is 30.8 Å². The van der Waals surface area contributed by atoms with E-state index in [4.69, 9.17) is 19.9 Å². The SMILES string of the molecule is CC(C)(C[C@@H]1[C@@H](CO[Si](C)(C)C(C)(C)C)OC(n2cnc3c(N)nc(-n4cc(C(=O)O)cn4)nc32)[C@@H]1CC(C)(C)[Si](C)(C)O)[Si](C)(C)O. The highest BCUT2D eigenvalue weighted by atomic mass is 28.4. The number of hydrogen-bond donors (Lipinski definition) is 4. The minimum absolute atomic E-state index is 0.00604. The van der Waals surface area contributed by atoms with Crippen molar-refractivity contribution in [1.29, 1.82) is 0 Å². The molecule has 4 atom stereocenters. The first-order chi connectivity index (χ1) is 21.7. The topological polar surface area (TPSA) is 184 Å². The summed E-state index contributed by atoms with van der Waals surface area (Å²) in [6.45, 7) is 28.0. The van der Waals surface area contributed by atoms with Crippen LogP contribution in [0.1, 0.15) is 77.9 Å². The van der Waals surface area contributed by atoms with Crippen LogP contribution in [0.25, 0.3) is 17.1 Å². The van der Waals surface area contributed by atoms with Crippen molar-refractivity contribution in [2.45, 2.75) is 128 Å². The average Bonchev–Trinajstić information content (AvgIpc) is 3.64. The van der Waals surface area contributed by atoms with Crippen molar-refractivity contribution in [2.24, 2.45) is 11.8 Å². The van der Waals surface area contributed by atoms with Crippen molar-refractivity contribution in [3.05, 3.63) is 24.3 Å². The minimum Gasteiger partial charge on any atom is -0.478 e. The van der Waals surface area contributed by atoms with Gasteiger partial charge in [0.15, 0.2) is 36.4 Å². The van der Waals surface area contributed by atoms with Gasteiger partial charge in [-0.25, -0.2) is 14.5 Å². The summed E-state index contributed by atoms with van der Waals surface area (Å²) < 4.78 is 17.1. The number of nitrogen functional groups attached to an aromatic ring is 1. The summed E-state index contributed by atoms with van der Waals surface area (Å²) in [5, 5.41) is 12.9. The zero-order valence-electron chi connectivity index (χ0n) is 31.0. The van der Waals surface area contributed by atoms with Crippen LogP contribution in [0.15, 0.2) is 18.7 Å². The smallest absolute Gasteiger partial charge is 0.338 e. The molecule has 48 heavy (non-hydrogen) atoms. The molecule has 3 aromatic heterocycles. The second-order valence-electron chi connectivity index (χ2n) is 17.5. The van der Waals surface area contributed by atoms with E-state index in [1.54, 1.807) is 6.33 Å². The van der Waals surface area contributed by atoms with Gasteiger partial charge >= 0.3 is 5.97 Å². The van der Waals surface area contributed by atoms with Crippen LogP contribution in [0, 0.1) is 11.8 Å². The molecule has 0 saturated carbocycles. The summed E-state index contributed by atoms with van der Waals surface area (Å²) >= 11 is 0. The van der Waals surface area contributed by atoms with Gasteiger partial charge in [0.25, 0.3) is 5.95 Å². The van der Waals surface area contributed by atoms with Crippen LogP contribution in [-0.2, 0) is 9.16 Å². The van der Waals surface area contributed by atoms with Gasteiger partial charge in [-0.3, -0.25) is 4.57 Å². The molecule has 1 saturated heterocycles. The molecule has 268 valence electrons. The third-order valence-electron chi connectivity index (χ3n) is 11.7. The molecule has 0 aliphatic carbocycles. The molecule has 4 rings (SSSR count). The molecule has 0 radical (unpaired) electrons. The second-order valence-corrected chi connectivity index (χ2v) is 31.2. The Morgan fingerprint density at radius 1 is 0.958 bits per heavy atom. The molecule has 0 aromatic carbocycles. The number of nitrogens with zero attached hydrogens (tertiary/aromatic N) is 6. The van der Waals surface area contributed by atoms with E-state index >= 15 is 0 Å². The van der Waals surface area contributed by atoms with Crippen molar-refractivity contribution in [3.8, 4) is 5.95 Å². The number of anilines is 1. The quantitative estimate of drug-likeness (QED) is 0.157. The second kappa shape index (κ2) is 12.7. The summed E-state index contributed by atoms with van der Waals surface area (Å²) in [5.41, 5.74) is 7.21. The van der Waals surface area contributed by atoms with Gasteiger partial charge in [0.1, 0.15) is 11.7 Å². The summed E-state index contributed by atoms with van der Waals surface area (Å²) in [6.07, 6.45) is 4.75. The fourth-order valence-corrected chi connectivity index (χ4v) is 8.27. The Labute approximate surface area is 287 Å². The largest absolute Gasteiger partial charge is 0.478 e. The van der Waals surface area contributed by atoms with E-state index in [1.807, 2.05) is 30.8 Å². The first kappa shape index (κ1) is 38.3. The van der Waals surface area contributed by atoms with Crippen LogP contribution in [-0.4, -0.2) is 87.6 Å². The molecule has 0 bridgehead atoms. The Hall–Kier alpha value is -2.48. The molecule has 1 fully saturated rings. The molecule has 5 N–H and O–H groups in total. The van der Waals surface area contributed by atoms with Crippen LogP contribution >= 0.6 is 0 Å². The van der Waals surface area contributed by atoms with E-state index in [1.165, 1.54) is 17.1 Å². The van der Waals surface area contributed by atoms with Crippen LogP contribution in [0.5, 0.6) is 0 Å². The Balaban J connectivity index is 1.89. The lowest BCUT2D eigenvalue weighted by atomic mass is 9.78. The van der Waals surface area contributed by atoms with E-state index in [-0.39, 0.29) is 50.4 Å².